The average molecular weight is 244 g/mol. The maximum atomic E-state index is 11.4. The number of carbonyl (C=O) groups excluding carboxylic acids is 1. The van der Waals surface area contributed by atoms with Crippen LogP contribution in [0.3, 0.4) is 0 Å². The molecular weight excluding hydrogens is 220 g/mol. The highest BCUT2D eigenvalue weighted by molar-refractivity contribution is 6.71. The van der Waals surface area contributed by atoms with E-state index < -0.39 is 8.32 Å². The highest BCUT2D eigenvalue weighted by atomic mass is 28.4. The molecule has 0 N–H and O–H groups in total. The third kappa shape index (κ3) is 6.08. The summed E-state index contributed by atoms with van der Waals surface area (Å²) in [5.41, 5.74) is 0.453. The van der Waals surface area contributed by atoms with Crippen molar-refractivity contribution in [2.45, 2.75) is 52.4 Å². The van der Waals surface area contributed by atoms with E-state index in [1.165, 1.54) is 0 Å². The van der Waals surface area contributed by atoms with Crippen LogP contribution in [0.25, 0.3) is 0 Å². The number of carbonyl (C=O) groups is 1. The van der Waals surface area contributed by atoms with E-state index >= 15 is 0 Å². The molecule has 0 aromatic heterocycles. The van der Waals surface area contributed by atoms with Crippen LogP contribution in [0.5, 0.6) is 0 Å². The Kier molecular flexibility index (Phi) is 6.60. The normalized spacial score (nSPS) is 13.3. The molecule has 0 saturated heterocycles. The van der Waals surface area contributed by atoms with E-state index in [0.717, 1.165) is 19.1 Å². The Morgan fingerprint density at radius 2 is 1.94 bits per heavy atom. The SMILES string of the molecule is C=C(C)C(=O)OC(CC)C[Si](C)(C)OCC. The summed E-state index contributed by atoms with van der Waals surface area (Å²) in [7, 11) is -1.70. The van der Waals surface area contributed by atoms with Crippen molar-refractivity contribution in [2.24, 2.45) is 0 Å². The number of hydrogen-bond acceptors (Lipinski definition) is 3. The van der Waals surface area contributed by atoms with E-state index in [2.05, 4.69) is 19.7 Å². The molecule has 16 heavy (non-hydrogen) atoms. The fourth-order valence-corrected chi connectivity index (χ4v) is 3.89. The van der Waals surface area contributed by atoms with Crippen LogP contribution in [0.1, 0.15) is 27.2 Å². The van der Waals surface area contributed by atoms with Crippen LogP contribution in [0, 0.1) is 0 Å². The van der Waals surface area contributed by atoms with E-state index in [4.69, 9.17) is 9.16 Å². The Balaban J connectivity index is 4.30. The second kappa shape index (κ2) is 6.86. The summed E-state index contributed by atoms with van der Waals surface area (Å²) >= 11 is 0. The van der Waals surface area contributed by atoms with Crippen molar-refractivity contribution in [1.29, 1.82) is 0 Å². The van der Waals surface area contributed by atoms with Gasteiger partial charge < -0.3 is 9.16 Å². The summed E-state index contributed by atoms with van der Waals surface area (Å²) < 4.78 is 11.1. The molecule has 94 valence electrons. The van der Waals surface area contributed by atoms with Gasteiger partial charge in [-0.25, -0.2) is 4.79 Å². The number of hydrogen-bond donors (Lipinski definition) is 0. The van der Waals surface area contributed by atoms with E-state index in [9.17, 15) is 4.79 Å². The Hall–Kier alpha value is -0.613. The van der Waals surface area contributed by atoms with Gasteiger partial charge in [0.15, 0.2) is 8.32 Å². The predicted molar refractivity (Wildman–Crippen MR) is 68.9 cm³/mol. The minimum absolute atomic E-state index is 0.0441. The monoisotopic (exact) mass is 244 g/mol. The van der Waals surface area contributed by atoms with Crippen LogP contribution in [0.4, 0.5) is 0 Å². The first-order chi connectivity index (χ1) is 7.32. The van der Waals surface area contributed by atoms with E-state index in [-0.39, 0.29) is 12.1 Å². The molecule has 3 nitrogen and oxygen atoms in total. The minimum atomic E-state index is -1.70. The van der Waals surface area contributed by atoms with Gasteiger partial charge in [-0.3, -0.25) is 0 Å². The number of rotatable bonds is 7. The van der Waals surface area contributed by atoms with Crippen LogP contribution in [-0.4, -0.2) is 27.0 Å². The van der Waals surface area contributed by atoms with Crippen LogP contribution in [0.2, 0.25) is 19.1 Å². The molecular formula is C12H24O3Si. The van der Waals surface area contributed by atoms with Gasteiger partial charge in [0, 0.05) is 18.2 Å². The van der Waals surface area contributed by atoms with Crippen molar-refractivity contribution in [1.82, 2.24) is 0 Å². The Labute approximate surface area is 100.0 Å². The highest BCUT2D eigenvalue weighted by Gasteiger charge is 2.28. The van der Waals surface area contributed by atoms with Gasteiger partial charge in [0.1, 0.15) is 6.10 Å². The largest absolute Gasteiger partial charge is 0.459 e. The van der Waals surface area contributed by atoms with Crippen molar-refractivity contribution in [3.05, 3.63) is 12.2 Å². The molecule has 0 aliphatic carbocycles. The van der Waals surface area contributed by atoms with Crippen molar-refractivity contribution in [3.8, 4) is 0 Å². The molecule has 1 atom stereocenters. The summed E-state index contributed by atoms with van der Waals surface area (Å²) in [5.74, 6) is -0.298. The molecule has 0 spiro atoms. The van der Waals surface area contributed by atoms with Crippen molar-refractivity contribution in [3.63, 3.8) is 0 Å². The molecule has 0 heterocycles. The average Bonchev–Trinajstić information content (AvgIpc) is 2.15. The smallest absolute Gasteiger partial charge is 0.333 e. The van der Waals surface area contributed by atoms with Gasteiger partial charge in [-0.2, -0.15) is 0 Å². The summed E-state index contributed by atoms with van der Waals surface area (Å²) in [6.07, 6.45) is 0.778. The van der Waals surface area contributed by atoms with Gasteiger partial charge in [-0.05, 0) is 33.4 Å². The van der Waals surface area contributed by atoms with Crippen LogP contribution < -0.4 is 0 Å². The minimum Gasteiger partial charge on any atom is -0.459 e. The van der Waals surface area contributed by atoms with Gasteiger partial charge in [0.25, 0.3) is 0 Å². The van der Waals surface area contributed by atoms with Crippen molar-refractivity contribution < 1.29 is 14.0 Å². The summed E-state index contributed by atoms with van der Waals surface area (Å²) in [4.78, 5) is 11.4. The first-order valence-corrected chi connectivity index (χ1v) is 8.94. The number of ether oxygens (including phenoxy) is 1. The predicted octanol–water partition coefficient (Wildman–Crippen LogP) is 3.13. The zero-order valence-corrected chi connectivity index (χ0v) is 12.1. The molecule has 0 bridgehead atoms. The first kappa shape index (κ1) is 15.4. The standard InChI is InChI=1S/C12H24O3Si/c1-7-11(15-12(13)10(3)4)9-16(5,6)14-8-2/h11H,3,7-9H2,1-2,4-6H3. The second-order valence-electron chi connectivity index (χ2n) is 4.61. The molecule has 4 heteroatoms. The van der Waals surface area contributed by atoms with E-state index in [1.807, 2.05) is 13.8 Å². The van der Waals surface area contributed by atoms with Gasteiger partial charge >= 0.3 is 5.97 Å². The molecule has 0 aliphatic heterocycles. The van der Waals surface area contributed by atoms with Gasteiger partial charge in [0.05, 0.1) is 0 Å². The van der Waals surface area contributed by atoms with Crippen molar-refractivity contribution >= 4 is 14.3 Å². The molecule has 0 radical (unpaired) electrons. The Morgan fingerprint density at radius 1 is 1.38 bits per heavy atom. The fraction of sp³-hybridized carbons (Fsp3) is 0.750. The maximum Gasteiger partial charge on any atom is 0.333 e. The zero-order chi connectivity index (χ0) is 12.8. The highest BCUT2D eigenvalue weighted by Crippen LogP contribution is 2.19. The first-order valence-electron chi connectivity index (χ1n) is 5.82. The quantitative estimate of drug-likeness (QED) is 0.392. The summed E-state index contributed by atoms with van der Waals surface area (Å²) in [6, 6.07) is 0.844. The molecule has 0 saturated carbocycles. The number of esters is 1. The van der Waals surface area contributed by atoms with E-state index in [0.29, 0.717) is 5.57 Å². The third-order valence-electron chi connectivity index (χ3n) is 2.33. The van der Waals surface area contributed by atoms with Gasteiger partial charge in [-0.1, -0.05) is 13.5 Å². The Morgan fingerprint density at radius 3 is 2.31 bits per heavy atom. The lowest BCUT2D eigenvalue weighted by atomic mass is 10.3. The van der Waals surface area contributed by atoms with Gasteiger partial charge in [0.2, 0.25) is 0 Å². The lowest BCUT2D eigenvalue weighted by molar-refractivity contribution is -0.143. The van der Waals surface area contributed by atoms with Crippen LogP contribution >= 0.6 is 0 Å². The molecule has 1 unspecified atom stereocenters. The topological polar surface area (TPSA) is 35.5 Å². The van der Waals surface area contributed by atoms with Crippen molar-refractivity contribution in [2.75, 3.05) is 6.61 Å². The maximum absolute atomic E-state index is 11.4. The third-order valence-corrected chi connectivity index (χ3v) is 4.84. The van der Waals surface area contributed by atoms with Gasteiger partial charge in [-0.15, -0.1) is 0 Å². The molecule has 0 aliphatic rings. The summed E-state index contributed by atoms with van der Waals surface area (Å²) in [5, 5.41) is 0. The summed E-state index contributed by atoms with van der Waals surface area (Å²) in [6.45, 7) is 14.3. The van der Waals surface area contributed by atoms with E-state index in [1.54, 1.807) is 6.92 Å². The van der Waals surface area contributed by atoms with Crippen LogP contribution in [0.15, 0.2) is 12.2 Å². The fourth-order valence-electron chi connectivity index (χ4n) is 1.52. The molecule has 0 aromatic rings. The van der Waals surface area contributed by atoms with Crippen LogP contribution in [-0.2, 0) is 14.0 Å². The Bertz CT molecular complexity index is 249. The molecule has 0 amide bonds. The zero-order valence-electron chi connectivity index (χ0n) is 11.1. The molecule has 0 fully saturated rings. The molecule has 0 aromatic carbocycles. The second-order valence-corrected chi connectivity index (χ2v) is 8.83. The lowest BCUT2D eigenvalue weighted by Gasteiger charge is -2.26. The lowest BCUT2D eigenvalue weighted by Crippen LogP contribution is -2.36. The molecule has 0 rings (SSSR count).